The molecule has 0 aliphatic carbocycles. The molecule has 2 aromatic carbocycles. The van der Waals surface area contributed by atoms with Crippen LogP contribution in [0.2, 0.25) is 0 Å². The zero-order chi connectivity index (χ0) is 19.1. The summed E-state index contributed by atoms with van der Waals surface area (Å²) in [4.78, 5) is 16.0. The highest BCUT2D eigenvalue weighted by molar-refractivity contribution is 7.92. The molecule has 0 atom stereocenters. The molecular weight excluding hydrogens is 362 g/mol. The van der Waals surface area contributed by atoms with Crippen LogP contribution in [-0.2, 0) is 14.8 Å². The molecule has 3 aromatic rings. The number of hydrogen-bond donors (Lipinski definition) is 2. The maximum Gasteiger partial charge on any atom is 0.263 e. The SMILES string of the molecule is O=C(C=Cc1ccccc1)Nc1ccc(S(=O)(=O)Nc2ccccn2)cc1. The van der Waals surface area contributed by atoms with Crippen molar-refractivity contribution in [3.05, 3.63) is 90.6 Å². The summed E-state index contributed by atoms with van der Waals surface area (Å²) in [6, 6.07) is 20.3. The van der Waals surface area contributed by atoms with Gasteiger partial charge in [-0.25, -0.2) is 13.4 Å². The third-order valence-electron chi connectivity index (χ3n) is 3.56. The molecule has 6 nitrogen and oxygen atoms in total. The van der Waals surface area contributed by atoms with Gasteiger partial charge in [0.15, 0.2) is 0 Å². The summed E-state index contributed by atoms with van der Waals surface area (Å²) in [7, 11) is -3.74. The van der Waals surface area contributed by atoms with Crippen LogP contribution in [0, 0.1) is 0 Å². The van der Waals surface area contributed by atoms with E-state index in [1.54, 1.807) is 24.3 Å². The Morgan fingerprint density at radius 3 is 2.26 bits per heavy atom. The highest BCUT2D eigenvalue weighted by atomic mass is 32.2. The molecule has 136 valence electrons. The lowest BCUT2D eigenvalue weighted by atomic mass is 10.2. The Kier molecular flexibility index (Phi) is 5.63. The number of nitrogens with one attached hydrogen (secondary N) is 2. The molecule has 0 bridgehead atoms. The molecule has 0 aliphatic rings. The predicted octanol–water partition coefficient (Wildman–Crippen LogP) is 3.53. The van der Waals surface area contributed by atoms with Crippen molar-refractivity contribution in [1.29, 1.82) is 0 Å². The number of aromatic nitrogens is 1. The van der Waals surface area contributed by atoms with Crippen molar-refractivity contribution >= 4 is 33.5 Å². The first kappa shape index (κ1) is 18.3. The Labute approximate surface area is 157 Å². The second kappa shape index (κ2) is 8.29. The molecule has 27 heavy (non-hydrogen) atoms. The van der Waals surface area contributed by atoms with E-state index in [0.717, 1.165) is 5.56 Å². The molecule has 0 saturated carbocycles. The molecule has 1 aromatic heterocycles. The van der Waals surface area contributed by atoms with Crippen LogP contribution >= 0.6 is 0 Å². The quantitative estimate of drug-likeness (QED) is 0.641. The first-order chi connectivity index (χ1) is 13.0. The minimum atomic E-state index is -3.74. The van der Waals surface area contributed by atoms with Crippen molar-refractivity contribution in [1.82, 2.24) is 4.98 Å². The number of carbonyl (C=O) groups is 1. The highest BCUT2D eigenvalue weighted by Gasteiger charge is 2.14. The number of carbonyl (C=O) groups excluding carboxylic acids is 1. The van der Waals surface area contributed by atoms with Crippen LogP contribution < -0.4 is 10.0 Å². The van der Waals surface area contributed by atoms with Crippen molar-refractivity contribution in [2.24, 2.45) is 0 Å². The standard InChI is InChI=1S/C20H17N3O3S/c24-20(14-9-16-6-2-1-3-7-16)22-17-10-12-18(13-11-17)27(25,26)23-19-8-4-5-15-21-19/h1-15H,(H,21,23)(H,22,24). The molecule has 2 N–H and O–H groups in total. The summed E-state index contributed by atoms with van der Waals surface area (Å²) in [6.07, 6.45) is 4.62. The number of rotatable bonds is 6. The highest BCUT2D eigenvalue weighted by Crippen LogP contribution is 2.17. The van der Waals surface area contributed by atoms with Gasteiger partial charge in [-0.05, 0) is 48.0 Å². The van der Waals surface area contributed by atoms with E-state index in [1.807, 2.05) is 30.3 Å². The van der Waals surface area contributed by atoms with Gasteiger partial charge in [-0.3, -0.25) is 9.52 Å². The molecular formula is C20H17N3O3S. The lowest BCUT2D eigenvalue weighted by Gasteiger charge is -2.08. The molecule has 1 heterocycles. The van der Waals surface area contributed by atoms with Crippen LogP contribution in [0.5, 0.6) is 0 Å². The summed E-state index contributed by atoms with van der Waals surface area (Å²) >= 11 is 0. The van der Waals surface area contributed by atoms with E-state index in [1.165, 1.54) is 36.5 Å². The molecule has 0 saturated heterocycles. The first-order valence-corrected chi connectivity index (χ1v) is 9.59. The van der Waals surface area contributed by atoms with Gasteiger partial charge >= 0.3 is 0 Å². The lowest BCUT2D eigenvalue weighted by Crippen LogP contribution is -2.14. The Hall–Kier alpha value is -3.45. The molecule has 7 heteroatoms. The molecule has 0 fully saturated rings. The minimum Gasteiger partial charge on any atom is -0.323 e. The van der Waals surface area contributed by atoms with Gasteiger partial charge < -0.3 is 5.32 Å². The van der Waals surface area contributed by atoms with E-state index in [-0.39, 0.29) is 16.6 Å². The fraction of sp³-hybridized carbons (Fsp3) is 0. The second-order valence-electron chi connectivity index (χ2n) is 5.58. The number of hydrogen-bond acceptors (Lipinski definition) is 4. The number of nitrogens with zero attached hydrogens (tertiary/aromatic N) is 1. The summed E-state index contributed by atoms with van der Waals surface area (Å²) in [6.45, 7) is 0. The van der Waals surface area contributed by atoms with Gasteiger partial charge in [0.05, 0.1) is 4.90 Å². The van der Waals surface area contributed by atoms with E-state index >= 15 is 0 Å². The van der Waals surface area contributed by atoms with Crippen molar-refractivity contribution in [3.63, 3.8) is 0 Å². The maximum absolute atomic E-state index is 12.3. The summed E-state index contributed by atoms with van der Waals surface area (Å²) in [5.41, 5.74) is 1.41. The Morgan fingerprint density at radius 2 is 1.59 bits per heavy atom. The molecule has 0 unspecified atom stereocenters. The van der Waals surface area contributed by atoms with Crippen molar-refractivity contribution < 1.29 is 13.2 Å². The number of sulfonamides is 1. The Balaban J connectivity index is 1.64. The van der Waals surface area contributed by atoms with Crippen LogP contribution in [0.3, 0.4) is 0 Å². The van der Waals surface area contributed by atoms with E-state index in [4.69, 9.17) is 0 Å². The molecule has 3 rings (SSSR count). The van der Waals surface area contributed by atoms with Gasteiger partial charge in [-0.1, -0.05) is 36.4 Å². The van der Waals surface area contributed by atoms with Crippen LogP contribution in [-0.4, -0.2) is 19.3 Å². The Bertz CT molecular complexity index is 1030. The average molecular weight is 379 g/mol. The van der Waals surface area contributed by atoms with Crippen molar-refractivity contribution in [2.45, 2.75) is 4.90 Å². The molecule has 0 radical (unpaired) electrons. The number of benzene rings is 2. The predicted molar refractivity (Wildman–Crippen MR) is 106 cm³/mol. The van der Waals surface area contributed by atoms with Gasteiger partial charge in [0, 0.05) is 18.0 Å². The summed E-state index contributed by atoms with van der Waals surface area (Å²) in [5, 5.41) is 2.69. The van der Waals surface area contributed by atoms with Gasteiger partial charge in [0.2, 0.25) is 5.91 Å². The third kappa shape index (κ3) is 5.26. The van der Waals surface area contributed by atoms with Gasteiger partial charge in [-0.15, -0.1) is 0 Å². The molecule has 1 amide bonds. The summed E-state index contributed by atoms with van der Waals surface area (Å²) in [5.74, 6) is -0.0676. The topological polar surface area (TPSA) is 88.2 Å². The van der Waals surface area contributed by atoms with Crippen LogP contribution in [0.4, 0.5) is 11.5 Å². The van der Waals surface area contributed by atoms with Gasteiger partial charge in [0.25, 0.3) is 10.0 Å². The fourth-order valence-electron chi connectivity index (χ4n) is 2.26. The third-order valence-corrected chi connectivity index (χ3v) is 4.93. The Morgan fingerprint density at radius 1 is 0.889 bits per heavy atom. The van der Waals surface area contributed by atoms with Crippen LogP contribution in [0.15, 0.2) is 90.0 Å². The smallest absolute Gasteiger partial charge is 0.263 e. The number of anilines is 2. The monoisotopic (exact) mass is 379 g/mol. The second-order valence-corrected chi connectivity index (χ2v) is 7.26. The van der Waals surface area contributed by atoms with E-state index < -0.39 is 10.0 Å². The van der Waals surface area contributed by atoms with Gasteiger partial charge in [0.1, 0.15) is 5.82 Å². The van der Waals surface area contributed by atoms with Crippen molar-refractivity contribution in [2.75, 3.05) is 10.0 Å². The van der Waals surface area contributed by atoms with E-state index in [0.29, 0.717) is 5.69 Å². The zero-order valence-electron chi connectivity index (χ0n) is 14.2. The number of pyridine rings is 1. The number of amides is 1. The van der Waals surface area contributed by atoms with Crippen molar-refractivity contribution in [3.8, 4) is 0 Å². The normalized spacial score (nSPS) is 11.3. The van der Waals surface area contributed by atoms with Crippen LogP contribution in [0.1, 0.15) is 5.56 Å². The minimum absolute atomic E-state index is 0.0750. The lowest BCUT2D eigenvalue weighted by molar-refractivity contribution is -0.111. The summed E-state index contributed by atoms with van der Waals surface area (Å²) < 4.78 is 27.1. The molecule has 0 spiro atoms. The van der Waals surface area contributed by atoms with E-state index in [2.05, 4.69) is 15.0 Å². The zero-order valence-corrected chi connectivity index (χ0v) is 15.1. The van der Waals surface area contributed by atoms with Gasteiger partial charge in [-0.2, -0.15) is 0 Å². The maximum atomic E-state index is 12.3. The van der Waals surface area contributed by atoms with Crippen LogP contribution in [0.25, 0.3) is 6.08 Å². The first-order valence-electron chi connectivity index (χ1n) is 8.11. The van der Waals surface area contributed by atoms with E-state index in [9.17, 15) is 13.2 Å². The fourth-order valence-corrected chi connectivity index (χ4v) is 3.27. The largest absolute Gasteiger partial charge is 0.323 e. The average Bonchev–Trinajstić information content (AvgIpc) is 2.68. The molecule has 0 aliphatic heterocycles.